The maximum Gasteiger partial charge on any atom is 0.317 e. The summed E-state index contributed by atoms with van der Waals surface area (Å²) in [5.74, 6) is -2.39. The molecule has 13 heavy (non-hydrogen) atoms. The van der Waals surface area contributed by atoms with Gasteiger partial charge in [0, 0.05) is 11.8 Å². The van der Waals surface area contributed by atoms with Crippen LogP contribution >= 0.6 is 0 Å². The van der Waals surface area contributed by atoms with Gasteiger partial charge in [-0.05, 0) is 12.8 Å². The van der Waals surface area contributed by atoms with E-state index in [-0.39, 0.29) is 11.8 Å². The van der Waals surface area contributed by atoms with E-state index in [1.807, 2.05) is 0 Å². The second-order valence-electron chi connectivity index (χ2n) is 4.14. The van der Waals surface area contributed by atoms with Crippen molar-refractivity contribution < 1.29 is 18.7 Å². The highest BCUT2D eigenvalue weighted by atomic mass is 19.1. The zero-order valence-electron chi connectivity index (χ0n) is 6.90. The smallest absolute Gasteiger partial charge is 0.317 e. The van der Waals surface area contributed by atoms with Gasteiger partial charge in [0.1, 0.15) is 6.17 Å². The van der Waals surface area contributed by atoms with Gasteiger partial charge >= 0.3 is 11.9 Å². The number of hydrogen-bond acceptors (Lipinski definition) is 3. The predicted molar refractivity (Wildman–Crippen MR) is 39.2 cm³/mol. The first-order valence-corrected chi connectivity index (χ1v) is 4.60. The van der Waals surface area contributed by atoms with Crippen molar-refractivity contribution in [3.63, 3.8) is 0 Å². The number of hydrogen-bond donors (Lipinski definition) is 0. The molecule has 70 valence electrons. The fourth-order valence-electron chi connectivity index (χ4n) is 3.19. The summed E-state index contributed by atoms with van der Waals surface area (Å²) in [6.07, 6.45) is 0.511. The third-order valence-electron chi connectivity index (χ3n) is 3.71. The number of halogens is 1. The molecule has 3 rings (SSSR count). The van der Waals surface area contributed by atoms with Gasteiger partial charge in [-0.3, -0.25) is 9.59 Å². The lowest BCUT2D eigenvalue weighted by atomic mass is 9.81. The summed E-state index contributed by atoms with van der Waals surface area (Å²) in [6.45, 7) is 0. The molecule has 3 aliphatic rings. The highest BCUT2D eigenvalue weighted by Crippen LogP contribution is 2.56. The Bertz CT molecular complexity index is 273. The Morgan fingerprint density at radius 2 is 1.54 bits per heavy atom. The van der Waals surface area contributed by atoms with Crippen molar-refractivity contribution >= 4 is 11.9 Å². The number of carbonyl (C=O) groups excluding carboxylic acids is 2. The van der Waals surface area contributed by atoms with Crippen molar-refractivity contribution in [2.75, 3.05) is 0 Å². The van der Waals surface area contributed by atoms with E-state index in [1.165, 1.54) is 0 Å². The molecule has 0 aromatic carbocycles. The molecule has 0 N–H and O–H groups in total. The summed E-state index contributed by atoms with van der Waals surface area (Å²) in [6, 6.07) is 0. The van der Waals surface area contributed by atoms with Crippen molar-refractivity contribution in [2.24, 2.45) is 23.7 Å². The Hall–Kier alpha value is -0.930. The van der Waals surface area contributed by atoms with Crippen LogP contribution in [0.15, 0.2) is 0 Å². The van der Waals surface area contributed by atoms with Gasteiger partial charge in [-0.1, -0.05) is 0 Å². The van der Waals surface area contributed by atoms with Crippen LogP contribution in [0.3, 0.4) is 0 Å². The zero-order chi connectivity index (χ0) is 9.16. The lowest BCUT2D eigenvalue weighted by Crippen LogP contribution is -2.24. The summed E-state index contributed by atoms with van der Waals surface area (Å²) in [4.78, 5) is 22.4. The molecule has 1 unspecified atom stereocenters. The van der Waals surface area contributed by atoms with E-state index in [0.717, 1.165) is 12.8 Å². The number of esters is 2. The molecule has 0 aromatic rings. The summed E-state index contributed by atoms with van der Waals surface area (Å²) in [7, 11) is 0. The fourth-order valence-corrected chi connectivity index (χ4v) is 3.19. The molecule has 1 heterocycles. The summed E-state index contributed by atoms with van der Waals surface area (Å²) in [5, 5.41) is 0. The normalized spacial score (nSPS) is 52.5. The third kappa shape index (κ3) is 0.700. The van der Waals surface area contributed by atoms with Crippen molar-refractivity contribution in [2.45, 2.75) is 19.0 Å². The largest absolute Gasteiger partial charge is 0.393 e. The average molecular weight is 184 g/mol. The lowest BCUT2D eigenvalue weighted by Gasteiger charge is -2.16. The Balaban J connectivity index is 2.04. The van der Waals surface area contributed by atoms with Crippen LogP contribution in [-0.2, 0) is 14.3 Å². The predicted octanol–water partition coefficient (Wildman–Crippen LogP) is 0.680. The Kier molecular flexibility index (Phi) is 1.21. The van der Waals surface area contributed by atoms with E-state index < -0.39 is 29.9 Å². The van der Waals surface area contributed by atoms with E-state index >= 15 is 0 Å². The van der Waals surface area contributed by atoms with E-state index in [9.17, 15) is 14.0 Å². The number of rotatable bonds is 0. The standard InChI is InChI=1S/C9H9FO3/c10-7-3-1-2-4(7)6-5(3)8(11)13-9(6)12/h3-7H,1-2H2/t3-,4+,5+,6-,7?. The van der Waals surface area contributed by atoms with Gasteiger partial charge in [-0.15, -0.1) is 0 Å². The maximum absolute atomic E-state index is 13.5. The van der Waals surface area contributed by atoms with Crippen molar-refractivity contribution in [1.82, 2.24) is 0 Å². The van der Waals surface area contributed by atoms with Crippen LogP contribution in [0.1, 0.15) is 12.8 Å². The molecular weight excluding hydrogens is 175 g/mol. The van der Waals surface area contributed by atoms with Crippen molar-refractivity contribution in [3.05, 3.63) is 0 Å². The molecule has 3 nitrogen and oxygen atoms in total. The molecule has 1 saturated heterocycles. The van der Waals surface area contributed by atoms with E-state index in [2.05, 4.69) is 4.74 Å². The first-order valence-electron chi connectivity index (χ1n) is 4.60. The molecule has 2 aliphatic carbocycles. The van der Waals surface area contributed by atoms with Crippen LogP contribution in [0.2, 0.25) is 0 Å². The SMILES string of the molecule is O=C1OC(=O)[C@H]2[C@@H]1[C@H]1CC[C@@H]2C1F. The lowest BCUT2D eigenvalue weighted by molar-refractivity contribution is -0.155. The van der Waals surface area contributed by atoms with Gasteiger partial charge in [-0.2, -0.15) is 0 Å². The molecule has 0 radical (unpaired) electrons. The van der Waals surface area contributed by atoms with Crippen LogP contribution in [0.4, 0.5) is 4.39 Å². The minimum Gasteiger partial charge on any atom is -0.393 e. The van der Waals surface area contributed by atoms with Crippen LogP contribution in [0.5, 0.6) is 0 Å². The van der Waals surface area contributed by atoms with E-state index in [1.54, 1.807) is 0 Å². The number of alkyl halides is 1. The summed E-state index contributed by atoms with van der Waals surface area (Å²) >= 11 is 0. The number of cyclic esters (lactones) is 2. The summed E-state index contributed by atoms with van der Waals surface area (Å²) < 4.78 is 18.0. The van der Waals surface area contributed by atoms with Gasteiger partial charge in [0.2, 0.25) is 0 Å². The second-order valence-corrected chi connectivity index (χ2v) is 4.14. The number of fused-ring (bicyclic) bond motifs is 5. The fraction of sp³-hybridized carbons (Fsp3) is 0.778. The molecule has 5 atom stereocenters. The monoisotopic (exact) mass is 184 g/mol. The van der Waals surface area contributed by atoms with Crippen LogP contribution < -0.4 is 0 Å². The van der Waals surface area contributed by atoms with Gasteiger partial charge in [0.15, 0.2) is 0 Å². The van der Waals surface area contributed by atoms with Crippen LogP contribution in [0, 0.1) is 23.7 Å². The van der Waals surface area contributed by atoms with Crippen molar-refractivity contribution in [1.29, 1.82) is 0 Å². The highest BCUT2D eigenvalue weighted by Gasteiger charge is 2.65. The highest BCUT2D eigenvalue weighted by molar-refractivity contribution is 5.97. The maximum atomic E-state index is 13.5. The summed E-state index contributed by atoms with van der Waals surface area (Å²) in [5.41, 5.74) is 0. The molecule has 0 aromatic heterocycles. The Labute approximate surface area is 74.2 Å². The van der Waals surface area contributed by atoms with E-state index in [4.69, 9.17) is 0 Å². The molecular formula is C9H9FO3. The third-order valence-corrected chi connectivity index (χ3v) is 3.71. The van der Waals surface area contributed by atoms with Gasteiger partial charge in [0.25, 0.3) is 0 Å². The van der Waals surface area contributed by atoms with Crippen LogP contribution in [0.25, 0.3) is 0 Å². The van der Waals surface area contributed by atoms with Gasteiger partial charge in [0.05, 0.1) is 11.8 Å². The number of ether oxygens (including phenoxy) is 1. The first-order chi connectivity index (χ1) is 6.20. The van der Waals surface area contributed by atoms with E-state index in [0.29, 0.717) is 0 Å². The molecule has 0 amide bonds. The Morgan fingerprint density at radius 1 is 1.08 bits per heavy atom. The Morgan fingerprint density at radius 3 is 2.00 bits per heavy atom. The topological polar surface area (TPSA) is 43.4 Å². The van der Waals surface area contributed by atoms with Gasteiger partial charge in [-0.25, -0.2) is 4.39 Å². The first kappa shape index (κ1) is 7.47. The molecule has 2 saturated carbocycles. The average Bonchev–Trinajstić information content (AvgIpc) is 2.67. The minimum absolute atomic E-state index is 0.242. The van der Waals surface area contributed by atoms with Gasteiger partial charge < -0.3 is 4.74 Å². The number of carbonyl (C=O) groups is 2. The second kappa shape index (κ2) is 2.11. The molecule has 4 heteroatoms. The molecule has 0 spiro atoms. The molecule has 1 aliphatic heterocycles. The zero-order valence-corrected chi connectivity index (χ0v) is 6.90. The molecule has 3 fully saturated rings. The molecule has 2 bridgehead atoms. The quantitative estimate of drug-likeness (QED) is 0.410. The van der Waals surface area contributed by atoms with Crippen LogP contribution in [-0.4, -0.2) is 18.1 Å². The van der Waals surface area contributed by atoms with Crippen molar-refractivity contribution in [3.8, 4) is 0 Å². The minimum atomic E-state index is -0.952.